The number of rotatable bonds is 7. The molecule has 0 saturated carbocycles. The van der Waals surface area contributed by atoms with Crippen LogP contribution in [-0.2, 0) is 0 Å². The number of nitro groups is 1. The second-order valence-electron chi connectivity index (χ2n) is 4.88. The molecule has 0 radical (unpaired) electrons. The number of aromatic nitrogens is 1. The molecule has 9 nitrogen and oxygen atoms in total. The van der Waals surface area contributed by atoms with Crippen LogP contribution in [0.15, 0.2) is 17.2 Å². The predicted octanol–water partition coefficient (Wildman–Crippen LogP) is 3.03. The number of nitro benzene ring substituents is 1. The average molecular weight is 364 g/mol. The summed E-state index contributed by atoms with van der Waals surface area (Å²) in [6.45, 7) is 3.20. The zero-order chi connectivity index (χ0) is 18.6. The summed E-state index contributed by atoms with van der Waals surface area (Å²) >= 11 is 1.18. The molecule has 1 N–H and O–H groups in total. The van der Waals surface area contributed by atoms with E-state index >= 15 is 0 Å². The van der Waals surface area contributed by atoms with E-state index in [0.29, 0.717) is 27.0 Å². The van der Waals surface area contributed by atoms with Crippen LogP contribution in [0.4, 0.5) is 10.8 Å². The molecule has 1 aromatic heterocycles. The molecule has 1 heterocycles. The SMILES string of the molecule is COc1cc(OC)c([N+](=O)[O-])cc1/C=N\Nc1nc(C)c(C(C)=O)s1. The van der Waals surface area contributed by atoms with Gasteiger partial charge in [-0.05, 0) is 6.92 Å². The van der Waals surface area contributed by atoms with Crippen molar-refractivity contribution >= 4 is 34.2 Å². The van der Waals surface area contributed by atoms with Crippen LogP contribution in [0.2, 0.25) is 0 Å². The Labute approximate surface area is 147 Å². The Morgan fingerprint density at radius 3 is 2.56 bits per heavy atom. The van der Waals surface area contributed by atoms with Gasteiger partial charge in [0.15, 0.2) is 5.78 Å². The molecular weight excluding hydrogens is 348 g/mol. The summed E-state index contributed by atoms with van der Waals surface area (Å²) in [5, 5.41) is 15.6. The first kappa shape index (κ1) is 18.3. The second-order valence-corrected chi connectivity index (χ2v) is 5.88. The van der Waals surface area contributed by atoms with Crippen molar-refractivity contribution in [1.82, 2.24) is 4.98 Å². The van der Waals surface area contributed by atoms with E-state index in [-0.39, 0.29) is 17.2 Å². The first-order valence-electron chi connectivity index (χ1n) is 7.05. The van der Waals surface area contributed by atoms with E-state index in [1.54, 1.807) is 6.92 Å². The highest BCUT2D eigenvalue weighted by Gasteiger charge is 2.19. The molecule has 0 spiro atoms. The van der Waals surface area contributed by atoms with Crippen LogP contribution >= 0.6 is 11.3 Å². The molecule has 2 aromatic rings. The molecule has 0 aliphatic carbocycles. The molecule has 25 heavy (non-hydrogen) atoms. The van der Waals surface area contributed by atoms with E-state index in [0.717, 1.165) is 0 Å². The fraction of sp³-hybridized carbons (Fsp3) is 0.267. The smallest absolute Gasteiger partial charge is 0.311 e. The Kier molecular flexibility index (Phi) is 5.65. The number of carbonyl (C=O) groups excluding carboxylic acids is 1. The number of anilines is 1. The van der Waals surface area contributed by atoms with Crippen LogP contribution in [0.25, 0.3) is 0 Å². The van der Waals surface area contributed by atoms with Gasteiger partial charge in [-0.3, -0.25) is 20.3 Å². The van der Waals surface area contributed by atoms with Gasteiger partial charge in [0.05, 0.1) is 35.9 Å². The highest BCUT2D eigenvalue weighted by molar-refractivity contribution is 7.17. The van der Waals surface area contributed by atoms with E-state index in [4.69, 9.17) is 9.47 Å². The Morgan fingerprint density at radius 1 is 1.36 bits per heavy atom. The molecule has 0 aliphatic heterocycles. The molecule has 0 atom stereocenters. The number of hydrazone groups is 1. The van der Waals surface area contributed by atoms with Crippen molar-refractivity contribution in [2.24, 2.45) is 5.10 Å². The standard InChI is InChI=1S/C15H16N4O5S/c1-8-14(9(2)20)25-15(17-8)18-16-7-10-5-11(19(21)22)13(24-4)6-12(10)23-3/h5-7H,1-4H3,(H,17,18)/b16-7-. The van der Waals surface area contributed by atoms with Gasteiger partial charge in [-0.1, -0.05) is 11.3 Å². The zero-order valence-electron chi connectivity index (χ0n) is 14.0. The lowest BCUT2D eigenvalue weighted by Gasteiger charge is -2.08. The van der Waals surface area contributed by atoms with Gasteiger partial charge in [-0.25, -0.2) is 4.98 Å². The van der Waals surface area contributed by atoms with Gasteiger partial charge in [0.25, 0.3) is 0 Å². The minimum absolute atomic E-state index is 0.0699. The van der Waals surface area contributed by atoms with E-state index in [2.05, 4.69) is 15.5 Å². The highest BCUT2D eigenvalue weighted by atomic mass is 32.1. The minimum atomic E-state index is -0.549. The Morgan fingerprint density at radius 2 is 2.04 bits per heavy atom. The molecule has 0 fully saturated rings. The number of hydrogen-bond donors (Lipinski definition) is 1. The van der Waals surface area contributed by atoms with E-state index in [1.807, 2.05) is 0 Å². The fourth-order valence-electron chi connectivity index (χ4n) is 2.08. The number of nitrogens with one attached hydrogen (secondary N) is 1. The maximum absolute atomic E-state index is 11.4. The molecule has 1 aromatic carbocycles. The summed E-state index contributed by atoms with van der Waals surface area (Å²) in [6, 6.07) is 2.72. The van der Waals surface area contributed by atoms with E-state index < -0.39 is 4.92 Å². The Bertz CT molecular complexity index is 847. The van der Waals surface area contributed by atoms with Crippen LogP contribution in [0.5, 0.6) is 11.5 Å². The summed E-state index contributed by atoms with van der Waals surface area (Å²) in [7, 11) is 2.78. The van der Waals surface area contributed by atoms with Crippen LogP contribution in [0.3, 0.4) is 0 Å². The molecule has 0 bridgehead atoms. The molecule has 0 unspecified atom stereocenters. The number of methoxy groups -OCH3 is 2. The van der Waals surface area contributed by atoms with Gasteiger partial charge in [0.1, 0.15) is 5.75 Å². The van der Waals surface area contributed by atoms with Crippen molar-refractivity contribution in [2.75, 3.05) is 19.6 Å². The summed E-state index contributed by atoms with van der Waals surface area (Å²) in [6.07, 6.45) is 1.37. The maximum Gasteiger partial charge on any atom is 0.311 e. The zero-order valence-corrected chi connectivity index (χ0v) is 14.8. The van der Waals surface area contributed by atoms with Gasteiger partial charge in [0.2, 0.25) is 10.9 Å². The van der Waals surface area contributed by atoms with Crippen LogP contribution in [-0.4, -0.2) is 36.1 Å². The fourth-order valence-corrected chi connectivity index (χ4v) is 2.89. The van der Waals surface area contributed by atoms with Crippen LogP contribution < -0.4 is 14.9 Å². The van der Waals surface area contributed by atoms with Crippen LogP contribution in [0.1, 0.15) is 27.9 Å². The lowest BCUT2D eigenvalue weighted by Crippen LogP contribution is -1.99. The number of ketones is 1. The maximum atomic E-state index is 11.4. The largest absolute Gasteiger partial charge is 0.496 e. The van der Waals surface area contributed by atoms with Gasteiger partial charge in [-0.2, -0.15) is 5.10 Å². The number of thiazole rings is 1. The lowest BCUT2D eigenvalue weighted by atomic mass is 10.1. The van der Waals surface area contributed by atoms with Crippen molar-refractivity contribution < 1.29 is 19.2 Å². The molecule has 10 heteroatoms. The molecule has 132 valence electrons. The topological polar surface area (TPSA) is 116 Å². The molecular formula is C15H16N4O5S. The number of Topliss-reactive ketones (excluding diaryl/α,β-unsaturated/α-hetero) is 1. The number of hydrogen-bond acceptors (Lipinski definition) is 9. The molecule has 0 saturated heterocycles. The number of aryl methyl sites for hydroxylation is 1. The first-order chi connectivity index (χ1) is 11.9. The molecule has 0 amide bonds. The summed E-state index contributed by atoms with van der Waals surface area (Å²) in [5.74, 6) is 0.390. The third-order valence-electron chi connectivity index (χ3n) is 3.21. The van der Waals surface area contributed by atoms with Crippen molar-refractivity contribution in [3.8, 4) is 11.5 Å². The van der Waals surface area contributed by atoms with Crippen molar-refractivity contribution in [2.45, 2.75) is 13.8 Å². The van der Waals surface area contributed by atoms with E-state index in [1.165, 1.54) is 50.8 Å². The minimum Gasteiger partial charge on any atom is -0.496 e. The number of ether oxygens (including phenoxy) is 2. The third-order valence-corrected chi connectivity index (χ3v) is 4.37. The number of nitrogens with zero attached hydrogens (tertiary/aromatic N) is 3. The van der Waals surface area contributed by atoms with E-state index in [9.17, 15) is 14.9 Å². The van der Waals surface area contributed by atoms with Gasteiger partial charge in [0, 0.05) is 24.6 Å². The predicted molar refractivity (Wildman–Crippen MR) is 94.3 cm³/mol. The lowest BCUT2D eigenvalue weighted by molar-refractivity contribution is -0.385. The average Bonchev–Trinajstić information content (AvgIpc) is 2.95. The van der Waals surface area contributed by atoms with Crippen molar-refractivity contribution in [3.63, 3.8) is 0 Å². The van der Waals surface area contributed by atoms with Crippen LogP contribution in [0, 0.1) is 17.0 Å². The molecule has 0 aliphatic rings. The monoisotopic (exact) mass is 364 g/mol. The van der Waals surface area contributed by atoms with Crippen molar-refractivity contribution in [3.05, 3.63) is 38.4 Å². The van der Waals surface area contributed by atoms with Crippen molar-refractivity contribution in [1.29, 1.82) is 0 Å². The van der Waals surface area contributed by atoms with Gasteiger partial charge in [-0.15, -0.1) is 0 Å². The molecule has 2 rings (SSSR count). The third kappa shape index (κ3) is 4.10. The second kappa shape index (κ2) is 7.71. The normalized spacial score (nSPS) is 10.7. The Hall–Kier alpha value is -3.01. The summed E-state index contributed by atoms with van der Waals surface area (Å²) in [5.41, 5.74) is 3.52. The number of carbonyl (C=O) groups is 1. The highest BCUT2D eigenvalue weighted by Crippen LogP contribution is 2.33. The van der Waals surface area contributed by atoms with Gasteiger partial charge < -0.3 is 9.47 Å². The summed E-state index contributed by atoms with van der Waals surface area (Å²) in [4.78, 5) is 26.7. The van der Waals surface area contributed by atoms with Gasteiger partial charge >= 0.3 is 5.69 Å². The Balaban J connectivity index is 2.28. The quantitative estimate of drug-likeness (QED) is 0.347. The first-order valence-corrected chi connectivity index (χ1v) is 7.86. The number of benzene rings is 1. The summed E-state index contributed by atoms with van der Waals surface area (Å²) < 4.78 is 10.2.